The molecule has 1 saturated heterocycles. The second-order valence-corrected chi connectivity index (χ2v) is 8.36. The molecule has 1 unspecified atom stereocenters. The van der Waals surface area contributed by atoms with Crippen LogP contribution in [-0.4, -0.2) is 44.5 Å². The van der Waals surface area contributed by atoms with Crippen molar-refractivity contribution in [2.45, 2.75) is 4.90 Å². The Kier molecular flexibility index (Phi) is 5.50. The van der Waals surface area contributed by atoms with E-state index in [-0.39, 0.29) is 0 Å². The third-order valence-electron chi connectivity index (χ3n) is 5.10. The van der Waals surface area contributed by atoms with Gasteiger partial charge in [-0.05, 0) is 36.4 Å². The monoisotopic (exact) mass is 394 g/mol. The van der Waals surface area contributed by atoms with E-state index in [2.05, 4.69) is 44.1 Å². The Morgan fingerprint density at radius 2 is 1.61 bits per heavy atom. The molecule has 0 aromatic heterocycles. The molecular weight excluding hydrogens is 368 g/mol. The Balaban J connectivity index is 1.56. The predicted molar refractivity (Wildman–Crippen MR) is 120 cm³/mol. The molecule has 0 amide bonds. The lowest BCUT2D eigenvalue weighted by molar-refractivity contribution is 0.589. The SMILES string of the molecule is CN(C)c1cccc2c(S(=O)Nc3ccc(N4CCNCC4)cc3)cccc12. The first-order chi connectivity index (χ1) is 13.6. The summed E-state index contributed by atoms with van der Waals surface area (Å²) < 4.78 is 16.2. The highest BCUT2D eigenvalue weighted by Crippen LogP contribution is 2.30. The highest BCUT2D eigenvalue weighted by Gasteiger charge is 2.13. The number of hydrogen-bond acceptors (Lipinski definition) is 4. The standard InChI is InChI=1S/C22H26N4OS/c1-25(2)21-7-3-6-20-19(21)5-4-8-22(20)28(27)24-17-9-11-18(12-10-17)26-15-13-23-14-16-26/h3-12,23-24H,13-16H2,1-2H3. The van der Waals surface area contributed by atoms with Gasteiger partial charge in [-0.15, -0.1) is 0 Å². The van der Waals surface area contributed by atoms with Crippen molar-refractivity contribution in [1.29, 1.82) is 0 Å². The number of hydrogen-bond donors (Lipinski definition) is 2. The van der Waals surface area contributed by atoms with E-state index in [1.807, 2.05) is 50.5 Å². The summed E-state index contributed by atoms with van der Waals surface area (Å²) in [6, 6.07) is 20.3. The van der Waals surface area contributed by atoms with E-state index in [9.17, 15) is 4.21 Å². The molecule has 4 rings (SSSR count). The number of rotatable bonds is 5. The van der Waals surface area contributed by atoms with Crippen LogP contribution in [0.5, 0.6) is 0 Å². The molecule has 28 heavy (non-hydrogen) atoms. The lowest BCUT2D eigenvalue weighted by Crippen LogP contribution is -2.43. The summed E-state index contributed by atoms with van der Waals surface area (Å²) >= 11 is 0. The quantitative estimate of drug-likeness (QED) is 0.696. The van der Waals surface area contributed by atoms with Crippen molar-refractivity contribution >= 4 is 38.8 Å². The summed E-state index contributed by atoms with van der Waals surface area (Å²) in [5.74, 6) is 0. The smallest absolute Gasteiger partial charge is 0.150 e. The van der Waals surface area contributed by atoms with E-state index < -0.39 is 11.0 Å². The molecule has 146 valence electrons. The van der Waals surface area contributed by atoms with Gasteiger partial charge in [0.05, 0.1) is 4.90 Å². The zero-order chi connectivity index (χ0) is 19.5. The molecule has 0 bridgehead atoms. The normalized spacial score (nSPS) is 15.4. The Labute approximate surface area is 168 Å². The third kappa shape index (κ3) is 3.84. The van der Waals surface area contributed by atoms with Crippen molar-refractivity contribution in [2.75, 3.05) is 54.8 Å². The summed E-state index contributed by atoms with van der Waals surface area (Å²) in [5.41, 5.74) is 3.19. The minimum atomic E-state index is -1.33. The maximum Gasteiger partial charge on any atom is 0.150 e. The number of nitrogens with zero attached hydrogens (tertiary/aromatic N) is 2. The predicted octanol–water partition coefficient (Wildman–Crippen LogP) is 3.45. The number of piperazine rings is 1. The molecule has 1 fully saturated rings. The van der Waals surface area contributed by atoms with Gasteiger partial charge in [0.15, 0.2) is 11.0 Å². The van der Waals surface area contributed by atoms with Crippen LogP contribution >= 0.6 is 0 Å². The van der Waals surface area contributed by atoms with Crippen molar-refractivity contribution in [3.05, 3.63) is 60.7 Å². The van der Waals surface area contributed by atoms with Gasteiger partial charge in [0.25, 0.3) is 0 Å². The topological polar surface area (TPSA) is 47.6 Å². The van der Waals surface area contributed by atoms with E-state index in [0.29, 0.717) is 0 Å². The molecule has 3 aromatic carbocycles. The summed E-state index contributed by atoms with van der Waals surface area (Å²) in [5, 5.41) is 5.49. The van der Waals surface area contributed by atoms with Crippen LogP contribution < -0.4 is 19.8 Å². The van der Waals surface area contributed by atoms with Crippen molar-refractivity contribution in [3.63, 3.8) is 0 Å². The molecule has 0 saturated carbocycles. The molecule has 1 aliphatic heterocycles. The zero-order valence-electron chi connectivity index (χ0n) is 16.3. The largest absolute Gasteiger partial charge is 0.377 e. The molecular formula is C22H26N4OS. The van der Waals surface area contributed by atoms with E-state index in [1.54, 1.807) is 0 Å². The first-order valence-corrected chi connectivity index (χ1v) is 10.7. The lowest BCUT2D eigenvalue weighted by atomic mass is 10.1. The van der Waals surface area contributed by atoms with Gasteiger partial charge in [0.1, 0.15) is 0 Å². The minimum Gasteiger partial charge on any atom is -0.377 e. The van der Waals surface area contributed by atoms with Crippen molar-refractivity contribution in [2.24, 2.45) is 0 Å². The molecule has 1 aliphatic rings. The molecule has 1 heterocycles. The van der Waals surface area contributed by atoms with Gasteiger partial charge in [0.2, 0.25) is 0 Å². The molecule has 0 radical (unpaired) electrons. The highest BCUT2D eigenvalue weighted by atomic mass is 32.2. The molecule has 3 aromatic rings. The molecule has 6 heteroatoms. The first-order valence-electron chi connectivity index (χ1n) is 9.57. The Hall–Kier alpha value is -2.57. The molecule has 5 nitrogen and oxygen atoms in total. The fourth-order valence-corrected chi connectivity index (χ4v) is 4.68. The Morgan fingerprint density at radius 3 is 2.32 bits per heavy atom. The number of fused-ring (bicyclic) bond motifs is 1. The van der Waals surface area contributed by atoms with Crippen LogP contribution in [0.25, 0.3) is 10.8 Å². The van der Waals surface area contributed by atoms with E-state index >= 15 is 0 Å². The summed E-state index contributed by atoms with van der Waals surface area (Å²) in [7, 11) is 2.71. The second-order valence-electron chi connectivity index (χ2n) is 7.18. The zero-order valence-corrected chi connectivity index (χ0v) is 17.1. The molecule has 1 atom stereocenters. The van der Waals surface area contributed by atoms with Gasteiger partial charge < -0.3 is 19.8 Å². The van der Waals surface area contributed by atoms with Crippen molar-refractivity contribution < 1.29 is 4.21 Å². The van der Waals surface area contributed by atoms with Crippen molar-refractivity contribution in [3.8, 4) is 0 Å². The number of anilines is 3. The van der Waals surface area contributed by atoms with Gasteiger partial charge in [-0.3, -0.25) is 0 Å². The summed E-state index contributed by atoms with van der Waals surface area (Å²) in [4.78, 5) is 5.24. The average Bonchev–Trinajstić information content (AvgIpc) is 2.74. The van der Waals surface area contributed by atoms with E-state index in [4.69, 9.17) is 0 Å². The van der Waals surface area contributed by atoms with Crippen LogP contribution in [0.3, 0.4) is 0 Å². The van der Waals surface area contributed by atoms with Crippen LogP contribution in [-0.2, 0) is 11.0 Å². The third-order valence-corrected chi connectivity index (χ3v) is 6.28. The fourth-order valence-electron chi connectivity index (χ4n) is 3.64. The van der Waals surface area contributed by atoms with Crippen LogP contribution in [0.4, 0.5) is 17.1 Å². The number of nitrogens with one attached hydrogen (secondary N) is 2. The van der Waals surface area contributed by atoms with E-state index in [0.717, 1.165) is 53.2 Å². The molecule has 2 N–H and O–H groups in total. The fraction of sp³-hybridized carbons (Fsp3) is 0.273. The number of benzene rings is 3. The summed E-state index contributed by atoms with van der Waals surface area (Å²) in [6.07, 6.45) is 0. The molecule has 0 spiro atoms. The molecule has 0 aliphatic carbocycles. The summed E-state index contributed by atoms with van der Waals surface area (Å²) in [6.45, 7) is 4.06. The van der Waals surface area contributed by atoms with Gasteiger partial charge >= 0.3 is 0 Å². The Morgan fingerprint density at radius 1 is 0.929 bits per heavy atom. The van der Waals surface area contributed by atoms with Gasteiger partial charge in [-0.2, -0.15) is 0 Å². The first kappa shape index (κ1) is 18.8. The van der Waals surface area contributed by atoms with Gasteiger partial charge in [-0.1, -0.05) is 24.3 Å². The second kappa shape index (κ2) is 8.20. The van der Waals surface area contributed by atoms with Crippen LogP contribution in [0.2, 0.25) is 0 Å². The lowest BCUT2D eigenvalue weighted by Gasteiger charge is -2.29. The van der Waals surface area contributed by atoms with Crippen LogP contribution in [0.15, 0.2) is 65.6 Å². The van der Waals surface area contributed by atoms with Crippen molar-refractivity contribution in [1.82, 2.24) is 5.32 Å². The Bertz CT molecular complexity index is 981. The van der Waals surface area contributed by atoms with Gasteiger partial charge in [-0.25, -0.2) is 4.21 Å². The van der Waals surface area contributed by atoms with E-state index in [1.165, 1.54) is 5.69 Å². The van der Waals surface area contributed by atoms with Crippen LogP contribution in [0.1, 0.15) is 0 Å². The maximum absolute atomic E-state index is 13.1. The van der Waals surface area contributed by atoms with Crippen LogP contribution in [0, 0.1) is 0 Å². The van der Waals surface area contributed by atoms with Gasteiger partial charge in [0, 0.05) is 68.1 Å². The minimum absolute atomic E-state index is 0.799. The highest BCUT2D eigenvalue weighted by molar-refractivity contribution is 7.86. The average molecular weight is 395 g/mol. The maximum atomic E-state index is 13.1.